The number of hydrogen-bond acceptors (Lipinski definition) is 4. The Kier molecular flexibility index (Phi) is 3.84. The lowest BCUT2D eigenvalue weighted by atomic mass is 10.1. The highest BCUT2D eigenvalue weighted by molar-refractivity contribution is 9.10. The molecular weight excluding hydrogens is 377 g/mol. The molecule has 21 heavy (non-hydrogen) atoms. The maximum atomic E-state index is 6.00. The van der Waals surface area contributed by atoms with Crippen LogP contribution >= 0.6 is 39.1 Å². The fraction of sp³-hybridized carbons (Fsp3) is 0. The van der Waals surface area contributed by atoms with E-state index in [2.05, 4.69) is 31.5 Å². The van der Waals surface area contributed by atoms with Crippen LogP contribution in [0, 0.1) is 0 Å². The largest absolute Gasteiger partial charge is 0.398 e. The summed E-state index contributed by atoms with van der Waals surface area (Å²) >= 11 is 15.3. The molecule has 3 aromatic rings. The molecule has 1 heterocycles. The van der Waals surface area contributed by atoms with Crippen LogP contribution in [0.25, 0.3) is 17.1 Å². The van der Waals surface area contributed by atoms with Crippen molar-refractivity contribution in [3.63, 3.8) is 0 Å². The molecular formula is C13H8BrCl2N5. The molecule has 0 aliphatic heterocycles. The zero-order chi connectivity index (χ0) is 15.0. The van der Waals surface area contributed by atoms with Gasteiger partial charge in [-0.25, -0.2) is 0 Å². The summed E-state index contributed by atoms with van der Waals surface area (Å²) < 4.78 is 2.34. The summed E-state index contributed by atoms with van der Waals surface area (Å²) in [6.07, 6.45) is 0. The molecule has 0 aliphatic rings. The van der Waals surface area contributed by atoms with Gasteiger partial charge in [0.05, 0.1) is 10.7 Å². The van der Waals surface area contributed by atoms with Crippen LogP contribution in [0.3, 0.4) is 0 Å². The van der Waals surface area contributed by atoms with E-state index in [4.69, 9.17) is 28.9 Å². The highest BCUT2D eigenvalue weighted by atomic mass is 79.9. The molecule has 2 N–H and O–H groups in total. The van der Waals surface area contributed by atoms with Crippen LogP contribution in [0.5, 0.6) is 0 Å². The zero-order valence-corrected chi connectivity index (χ0v) is 13.6. The van der Waals surface area contributed by atoms with Crippen LogP contribution in [0.4, 0.5) is 5.69 Å². The number of anilines is 1. The highest BCUT2D eigenvalue weighted by Crippen LogP contribution is 2.30. The van der Waals surface area contributed by atoms with Crippen LogP contribution in [-0.4, -0.2) is 20.2 Å². The van der Waals surface area contributed by atoms with Gasteiger partial charge in [-0.05, 0) is 62.8 Å². The Bertz CT molecular complexity index is 818. The van der Waals surface area contributed by atoms with Gasteiger partial charge in [0.2, 0.25) is 0 Å². The number of benzene rings is 2. The van der Waals surface area contributed by atoms with Gasteiger partial charge in [-0.15, -0.1) is 5.10 Å². The molecule has 8 heteroatoms. The first kappa shape index (κ1) is 14.3. The second kappa shape index (κ2) is 5.63. The number of halogens is 3. The second-order valence-electron chi connectivity index (χ2n) is 4.24. The second-order valence-corrected chi connectivity index (χ2v) is 5.94. The number of tetrazole rings is 1. The average Bonchev–Trinajstić information content (AvgIpc) is 2.91. The molecule has 0 bridgehead atoms. The van der Waals surface area contributed by atoms with E-state index >= 15 is 0 Å². The van der Waals surface area contributed by atoms with Gasteiger partial charge < -0.3 is 5.73 Å². The highest BCUT2D eigenvalue weighted by Gasteiger charge is 2.14. The third-order valence-electron chi connectivity index (χ3n) is 2.87. The van der Waals surface area contributed by atoms with Gasteiger partial charge in [0.15, 0.2) is 5.82 Å². The zero-order valence-electron chi connectivity index (χ0n) is 10.5. The van der Waals surface area contributed by atoms with Gasteiger partial charge in [-0.1, -0.05) is 23.2 Å². The molecule has 106 valence electrons. The number of aromatic nitrogens is 4. The summed E-state index contributed by atoms with van der Waals surface area (Å²) in [6.45, 7) is 0. The lowest BCUT2D eigenvalue weighted by Crippen LogP contribution is -2.01. The van der Waals surface area contributed by atoms with E-state index in [0.717, 1.165) is 10.2 Å². The van der Waals surface area contributed by atoms with Crippen molar-refractivity contribution in [3.05, 3.63) is 50.9 Å². The molecule has 0 saturated carbocycles. The van der Waals surface area contributed by atoms with E-state index < -0.39 is 0 Å². The SMILES string of the molecule is Nc1cc(Cl)ccc1-c1nnnn1-c1ccc(Cl)c(Br)c1. The average molecular weight is 385 g/mol. The number of nitrogen functional groups attached to an aromatic ring is 1. The number of rotatable bonds is 2. The maximum Gasteiger partial charge on any atom is 0.189 e. The Hall–Kier alpha value is -1.63. The van der Waals surface area contributed by atoms with E-state index in [1.54, 1.807) is 28.9 Å². The van der Waals surface area contributed by atoms with Crippen LogP contribution < -0.4 is 5.73 Å². The predicted molar refractivity (Wildman–Crippen MR) is 86.7 cm³/mol. The predicted octanol–water partition coefficient (Wildman–Crippen LogP) is 3.98. The molecule has 0 spiro atoms. The Balaban J connectivity index is 2.14. The van der Waals surface area contributed by atoms with Gasteiger partial charge in [-0.2, -0.15) is 4.68 Å². The molecule has 3 rings (SSSR count). The van der Waals surface area contributed by atoms with Crippen LogP contribution in [-0.2, 0) is 0 Å². The smallest absolute Gasteiger partial charge is 0.189 e. The van der Waals surface area contributed by atoms with Crippen molar-refractivity contribution in [1.29, 1.82) is 0 Å². The topological polar surface area (TPSA) is 69.6 Å². The lowest BCUT2D eigenvalue weighted by molar-refractivity contribution is 0.791. The summed E-state index contributed by atoms with van der Waals surface area (Å²) in [4.78, 5) is 0. The minimum Gasteiger partial charge on any atom is -0.398 e. The van der Waals surface area contributed by atoms with Crippen molar-refractivity contribution in [2.75, 3.05) is 5.73 Å². The van der Waals surface area contributed by atoms with E-state index in [1.807, 2.05) is 12.1 Å². The van der Waals surface area contributed by atoms with Gasteiger partial charge in [0, 0.05) is 20.7 Å². The van der Waals surface area contributed by atoms with Crippen molar-refractivity contribution in [2.45, 2.75) is 0 Å². The van der Waals surface area contributed by atoms with Gasteiger partial charge in [0.1, 0.15) is 0 Å². The normalized spacial score (nSPS) is 10.8. The maximum absolute atomic E-state index is 6.00. The first-order chi connectivity index (χ1) is 10.1. The molecule has 0 aliphatic carbocycles. The number of hydrogen-bond donors (Lipinski definition) is 1. The van der Waals surface area contributed by atoms with Crippen molar-refractivity contribution in [1.82, 2.24) is 20.2 Å². The summed E-state index contributed by atoms with van der Waals surface area (Å²) in [5, 5.41) is 12.9. The molecule has 1 aromatic heterocycles. The molecule has 0 unspecified atom stereocenters. The number of nitrogens with two attached hydrogens (primary N) is 1. The van der Waals surface area contributed by atoms with E-state index in [0.29, 0.717) is 27.1 Å². The van der Waals surface area contributed by atoms with E-state index in [1.165, 1.54) is 0 Å². The quantitative estimate of drug-likeness (QED) is 0.678. The Morgan fingerprint density at radius 3 is 2.62 bits per heavy atom. The molecule has 0 atom stereocenters. The lowest BCUT2D eigenvalue weighted by Gasteiger charge is -2.08. The van der Waals surface area contributed by atoms with Crippen LogP contribution in [0.15, 0.2) is 40.9 Å². The third-order valence-corrected chi connectivity index (χ3v) is 4.32. The van der Waals surface area contributed by atoms with E-state index in [9.17, 15) is 0 Å². The Morgan fingerprint density at radius 2 is 1.90 bits per heavy atom. The fourth-order valence-electron chi connectivity index (χ4n) is 1.88. The third kappa shape index (κ3) is 2.74. The molecule has 0 amide bonds. The Morgan fingerprint density at radius 1 is 1.10 bits per heavy atom. The first-order valence-corrected chi connectivity index (χ1v) is 7.40. The van der Waals surface area contributed by atoms with Gasteiger partial charge in [0.25, 0.3) is 0 Å². The van der Waals surface area contributed by atoms with E-state index in [-0.39, 0.29) is 0 Å². The minimum atomic E-state index is 0.506. The van der Waals surface area contributed by atoms with Crippen LogP contribution in [0.1, 0.15) is 0 Å². The van der Waals surface area contributed by atoms with Gasteiger partial charge in [-0.3, -0.25) is 0 Å². The van der Waals surface area contributed by atoms with Crippen LogP contribution in [0.2, 0.25) is 10.0 Å². The summed E-state index contributed by atoms with van der Waals surface area (Å²) in [5.41, 5.74) is 7.96. The van der Waals surface area contributed by atoms with Crippen molar-refractivity contribution in [2.24, 2.45) is 0 Å². The summed E-state index contributed by atoms with van der Waals surface area (Å²) in [7, 11) is 0. The van der Waals surface area contributed by atoms with Gasteiger partial charge >= 0.3 is 0 Å². The summed E-state index contributed by atoms with van der Waals surface area (Å²) in [6, 6.07) is 10.6. The van der Waals surface area contributed by atoms with Crippen molar-refractivity contribution in [3.8, 4) is 17.1 Å². The molecule has 5 nitrogen and oxygen atoms in total. The standard InChI is InChI=1S/C13H8BrCl2N5/c14-10-6-8(2-4-11(10)16)21-13(18-19-20-21)9-3-1-7(15)5-12(9)17/h1-6H,17H2. The summed E-state index contributed by atoms with van der Waals surface area (Å²) in [5.74, 6) is 0.526. The monoisotopic (exact) mass is 383 g/mol. The molecule has 0 fully saturated rings. The van der Waals surface area contributed by atoms with Crippen molar-refractivity contribution >= 4 is 44.8 Å². The Labute approximate surface area is 138 Å². The minimum absolute atomic E-state index is 0.506. The number of nitrogens with zero attached hydrogens (tertiary/aromatic N) is 4. The molecule has 0 radical (unpaired) electrons. The molecule has 2 aromatic carbocycles. The van der Waals surface area contributed by atoms with Crippen molar-refractivity contribution < 1.29 is 0 Å². The first-order valence-electron chi connectivity index (χ1n) is 5.85. The molecule has 0 saturated heterocycles. The fourth-order valence-corrected chi connectivity index (χ4v) is 2.55.